The molecule has 0 radical (unpaired) electrons. The molecule has 1 aromatic rings. The molecule has 0 saturated carbocycles. The summed E-state index contributed by atoms with van der Waals surface area (Å²) in [7, 11) is 1.31. The Kier molecular flexibility index (Phi) is 6.60. The Bertz CT molecular complexity index is 749. The van der Waals surface area contributed by atoms with Crippen molar-refractivity contribution in [1.29, 1.82) is 0 Å². The molecule has 158 valence electrons. The SMILES string of the molecule is COC(=O)CNC(=O)[C@@]1(CCC(C)C)C[C@H]2CC[C@@H]1N2C(=O)Cc1ccccc1. The summed E-state index contributed by atoms with van der Waals surface area (Å²) < 4.78 is 4.66. The first kappa shape index (κ1) is 21.3. The Morgan fingerprint density at radius 3 is 2.59 bits per heavy atom. The topological polar surface area (TPSA) is 75.7 Å². The Balaban J connectivity index is 1.79. The van der Waals surface area contributed by atoms with Crippen molar-refractivity contribution in [1.82, 2.24) is 10.2 Å². The van der Waals surface area contributed by atoms with Crippen molar-refractivity contribution in [2.45, 2.75) is 64.5 Å². The first-order valence-corrected chi connectivity index (χ1v) is 10.6. The summed E-state index contributed by atoms with van der Waals surface area (Å²) in [6.45, 7) is 4.16. The standard InChI is InChI=1S/C23H32N2O4/c1-16(2)11-12-23(22(28)24-15-21(27)29-3)14-18-9-10-19(23)25(18)20(26)13-17-7-5-4-6-8-17/h4-8,16,18-19H,9-15H2,1-3H3,(H,24,28)/t18-,19+,23+/m1/s1. The summed E-state index contributed by atoms with van der Waals surface area (Å²) in [5.41, 5.74) is 0.375. The average molecular weight is 401 g/mol. The van der Waals surface area contributed by atoms with Gasteiger partial charge in [0.2, 0.25) is 11.8 Å². The van der Waals surface area contributed by atoms with Crippen molar-refractivity contribution >= 4 is 17.8 Å². The molecule has 3 rings (SSSR count). The highest BCUT2D eigenvalue weighted by Gasteiger charge is 2.60. The Hall–Kier alpha value is -2.37. The largest absolute Gasteiger partial charge is 0.468 e. The number of amides is 2. The van der Waals surface area contributed by atoms with Gasteiger partial charge in [0.05, 0.1) is 18.9 Å². The van der Waals surface area contributed by atoms with E-state index in [2.05, 4.69) is 23.9 Å². The smallest absolute Gasteiger partial charge is 0.325 e. The molecule has 1 aromatic carbocycles. The van der Waals surface area contributed by atoms with Gasteiger partial charge in [0, 0.05) is 12.1 Å². The average Bonchev–Trinajstić information content (AvgIpc) is 3.27. The quantitative estimate of drug-likeness (QED) is 0.681. The van der Waals surface area contributed by atoms with E-state index in [0.29, 0.717) is 18.8 Å². The van der Waals surface area contributed by atoms with Crippen LogP contribution in [0.4, 0.5) is 0 Å². The van der Waals surface area contributed by atoms with E-state index < -0.39 is 11.4 Å². The fraction of sp³-hybridized carbons (Fsp3) is 0.609. The molecule has 2 fully saturated rings. The molecule has 3 atom stereocenters. The molecular weight excluding hydrogens is 368 g/mol. The van der Waals surface area contributed by atoms with Crippen LogP contribution in [0.5, 0.6) is 0 Å². The Labute approximate surface area is 173 Å². The van der Waals surface area contributed by atoms with E-state index in [0.717, 1.165) is 31.2 Å². The normalized spacial score (nSPS) is 25.3. The molecule has 2 amide bonds. The van der Waals surface area contributed by atoms with Crippen molar-refractivity contribution in [3.8, 4) is 0 Å². The van der Waals surface area contributed by atoms with Crippen LogP contribution in [-0.4, -0.2) is 48.4 Å². The van der Waals surface area contributed by atoms with Crippen LogP contribution in [0.25, 0.3) is 0 Å². The number of esters is 1. The van der Waals surface area contributed by atoms with Gasteiger partial charge in [0.25, 0.3) is 0 Å². The molecule has 2 bridgehead atoms. The molecular formula is C23H32N2O4. The summed E-state index contributed by atoms with van der Waals surface area (Å²) in [6, 6.07) is 9.75. The Morgan fingerprint density at radius 2 is 1.93 bits per heavy atom. The van der Waals surface area contributed by atoms with Crippen molar-refractivity contribution in [2.75, 3.05) is 13.7 Å². The van der Waals surface area contributed by atoms with Gasteiger partial charge in [-0.15, -0.1) is 0 Å². The lowest BCUT2D eigenvalue weighted by molar-refractivity contribution is -0.144. The number of rotatable bonds is 8. The minimum absolute atomic E-state index is 0.0934. The molecule has 2 aliphatic rings. The molecule has 6 nitrogen and oxygen atoms in total. The van der Waals surface area contributed by atoms with Crippen LogP contribution in [0.2, 0.25) is 0 Å². The van der Waals surface area contributed by atoms with Crippen molar-refractivity contribution < 1.29 is 19.1 Å². The van der Waals surface area contributed by atoms with Gasteiger partial charge in [0.15, 0.2) is 0 Å². The van der Waals surface area contributed by atoms with Gasteiger partial charge < -0.3 is 15.0 Å². The van der Waals surface area contributed by atoms with E-state index in [1.165, 1.54) is 7.11 Å². The van der Waals surface area contributed by atoms with Crippen molar-refractivity contribution in [3.63, 3.8) is 0 Å². The summed E-state index contributed by atoms with van der Waals surface area (Å²) >= 11 is 0. The number of nitrogens with zero attached hydrogens (tertiary/aromatic N) is 1. The van der Waals surface area contributed by atoms with E-state index in [1.807, 2.05) is 35.2 Å². The van der Waals surface area contributed by atoms with Gasteiger partial charge in [-0.3, -0.25) is 14.4 Å². The number of fused-ring (bicyclic) bond motifs is 2. The number of methoxy groups -OCH3 is 1. The lowest BCUT2D eigenvalue weighted by atomic mass is 9.69. The molecule has 2 saturated heterocycles. The van der Waals surface area contributed by atoms with Crippen LogP contribution in [0, 0.1) is 11.3 Å². The second kappa shape index (κ2) is 8.97. The number of nitrogens with one attached hydrogen (secondary N) is 1. The van der Waals surface area contributed by atoms with Crippen LogP contribution in [-0.2, 0) is 25.5 Å². The third-order valence-corrected chi connectivity index (χ3v) is 6.47. The number of ether oxygens (including phenoxy) is 1. The van der Waals surface area contributed by atoms with E-state index in [9.17, 15) is 14.4 Å². The minimum Gasteiger partial charge on any atom is -0.468 e. The summed E-state index contributed by atoms with van der Waals surface area (Å²) in [5, 5.41) is 2.78. The van der Waals surface area contributed by atoms with Gasteiger partial charge in [-0.1, -0.05) is 44.2 Å². The van der Waals surface area contributed by atoms with Crippen LogP contribution >= 0.6 is 0 Å². The zero-order valence-corrected chi connectivity index (χ0v) is 17.6. The van der Waals surface area contributed by atoms with Crippen LogP contribution in [0.3, 0.4) is 0 Å². The van der Waals surface area contributed by atoms with Gasteiger partial charge in [-0.2, -0.15) is 0 Å². The van der Waals surface area contributed by atoms with Gasteiger partial charge >= 0.3 is 5.97 Å². The fourth-order valence-electron chi connectivity index (χ4n) is 4.99. The summed E-state index contributed by atoms with van der Waals surface area (Å²) in [5.74, 6) is -0.0189. The molecule has 0 aliphatic carbocycles. The van der Waals surface area contributed by atoms with E-state index in [1.54, 1.807) is 0 Å². The number of hydrogen-bond acceptors (Lipinski definition) is 4. The molecule has 2 heterocycles. The van der Waals surface area contributed by atoms with Gasteiger partial charge in [-0.05, 0) is 43.6 Å². The highest BCUT2D eigenvalue weighted by Crippen LogP contribution is 2.53. The first-order valence-electron chi connectivity index (χ1n) is 10.6. The lowest BCUT2D eigenvalue weighted by Crippen LogP contribution is -2.51. The first-order chi connectivity index (χ1) is 13.9. The zero-order valence-electron chi connectivity index (χ0n) is 17.6. The van der Waals surface area contributed by atoms with E-state index in [4.69, 9.17) is 0 Å². The number of benzene rings is 1. The molecule has 2 aliphatic heterocycles. The van der Waals surface area contributed by atoms with Gasteiger partial charge in [0.1, 0.15) is 6.54 Å². The predicted octanol–water partition coefficient (Wildman–Crippen LogP) is 2.70. The monoisotopic (exact) mass is 400 g/mol. The van der Waals surface area contributed by atoms with Crippen LogP contribution in [0.15, 0.2) is 30.3 Å². The number of hydrogen-bond donors (Lipinski definition) is 1. The summed E-state index contributed by atoms with van der Waals surface area (Å²) in [6.07, 6.45) is 4.47. The summed E-state index contributed by atoms with van der Waals surface area (Å²) in [4.78, 5) is 39.9. The molecule has 0 aromatic heterocycles. The van der Waals surface area contributed by atoms with Crippen LogP contribution in [0.1, 0.15) is 51.5 Å². The molecule has 0 spiro atoms. The highest BCUT2D eigenvalue weighted by atomic mass is 16.5. The maximum absolute atomic E-state index is 13.3. The van der Waals surface area contributed by atoms with E-state index in [-0.39, 0.29) is 30.4 Å². The number of carbonyl (C=O) groups is 3. The maximum Gasteiger partial charge on any atom is 0.325 e. The second-order valence-corrected chi connectivity index (χ2v) is 8.76. The molecule has 1 N–H and O–H groups in total. The highest BCUT2D eigenvalue weighted by molar-refractivity contribution is 5.89. The fourth-order valence-corrected chi connectivity index (χ4v) is 4.99. The van der Waals surface area contributed by atoms with Crippen molar-refractivity contribution in [2.24, 2.45) is 11.3 Å². The minimum atomic E-state index is -0.618. The molecule has 29 heavy (non-hydrogen) atoms. The second-order valence-electron chi connectivity index (χ2n) is 8.76. The lowest BCUT2D eigenvalue weighted by Gasteiger charge is -2.36. The van der Waals surface area contributed by atoms with Crippen LogP contribution < -0.4 is 5.32 Å². The van der Waals surface area contributed by atoms with Gasteiger partial charge in [-0.25, -0.2) is 0 Å². The Morgan fingerprint density at radius 1 is 1.21 bits per heavy atom. The number of carbonyl (C=O) groups excluding carboxylic acids is 3. The molecule has 0 unspecified atom stereocenters. The predicted molar refractivity (Wildman–Crippen MR) is 110 cm³/mol. The van der Waals surface area contributed by atoms with E-state index >= 15 is 0 Å². The third kappa shape index (κ3) is 4.46. The van der Waals surface area contributed by atoms with Crippen molar-refractivity contribution in [3.05, 3.63) is 35.9 Å². The third-order valence-electron chi connectivity index (χ3n) is 6.47. The zero-order chi connectivity index (χ0) is 21.0. The maximum atomic E-state index is 13.3. The molecule has 6 heteroatoms.